The molecule has 23 heavy (non-hydrogen) atoms. The van der Waals surface area contributed by atoms with Crippen LogP contribution < -0.4 is 10.6 Å². The first kappa shape index (κ1) is 16.8. The number of nitrogens with zero attached hydrogens (tertiary/aromatic N) is 1. The average molecular weight is 329 g/mol. The molecule has 0 spiro atoms. The van der Waals surface area contributed by atoms with Gasteiger partial charge in [0.2, 0.25) is 5.91 Å². The first-order valence-electron chi connectivity index (χ1n) is 6.75. The zero-order valence-corrected chi connectivity index (χ0v) is 11.9. The van der Waals surface area contributed by atoms with E-state index < -0.39 is 43.2 Å². The minimum Gasteiger partial charge on any atom is -0.345 e. The van der Waals surface area contributed by atoms with E-state index in [1.165, 1.54) is 0 Å². The Kier molecular flexibility index (Phi) is 4.87. The molecule has 124 valence electrons. The SMILES string of the molecule is O=C(CN1C(=O)N[C@@H](Cc2ccccc2)C1=O)NCC(F)(F)F. The van der Waals surface area contributed by atoms with Crippen LogP contribution in [0.3, 0.4) is 0 Å². The number of urea groups is 1. The van der Waals surface area contributed by atoms with Gasteiger partial charge in [0, 0.05) is 6.42 Å². The summed E-state index contributed by atoms with van der Waals surface area (Å²) in [6.07, 6.45) is -4.31. The highest BCUT2D eigenvalue weighted by molar-refractivity contribution is 6.06. The molecule has 0 aliphatic carbocycles. The Morgan fingerprint density at radius 3 is 2.48 bits per heavy atom. The lowest BCUT2D eigenvalue weighted by molar-refractivity contribution is -0.140. The van der Waals surface area contributed by atoms with E-state index in [0.29, 0.717) is 4.90 Å². The fourth-order valence-corrected chi connectivity index (χ4v) is 2.11. The summed E-state index contributed by atoms with van der Waals surface area (Å²) in [6, 6.07) is 7.28. The van der Waals surface area contributed by atoms with Crippen molar-refractivity contribution in [1.29, 1.82) is 0 Å². The number of carbonyl (C=O) groups is 3. The van der Waals surface area contributed by atoms with Crippen LogP contribution in [-0.2, 0) is 16.0 Å². The van der Waals surface area contributed by atoms with E-state index in [2.05, 4.69) is 5.32 Å². The Morgan fingerprint density at radius 2 is 1.87 bits per heavy atom. The lowest BCUT2D eigenvalue weighted by atomic mass is 10.1. The van der Waals surface area contributed by atoms with E-state index in [1.807, 2.05) is 0 Å². The van der Waals surface area contributed by atoms with E-state index in [1.54, 1.807) is 35.6 Å². The molecule has 0 saturated carbocycles. The molecule has 1 aliphatic rings. The molecule has 1 aliphatic heterocycles. The molecule has 1 aromatic carbocycles. The molecule has 6 nitrogen and oxygen atoms in total. The zero-order chi connectivity index (χ0) is 17.0. The zero-order valence-electron chi connectivity index (χ0n) is 11.9. The number of hydrogen-bond donors (Lipinski definition) is 2. The molecule has 2 rings (SSSR count). The highest BCUT2D eigenvalue weighted by Crippen LogP contribution is 2.13. The molecule has 0 bridgehead atoms. The normalized spacial score (nSPS) is 18.0. The molecule has 9 heteroatoms. The first-order chi connectivity index (χ1) is 10.8. The van der Waals surface area contributed by atoms with Crippen LogP contribution in [0.5, 0.6) is 0 Å². The van der Waals surface area contributed by atoms with Gasteiger partial charge >= 0.3 is 12.2 Å². The topological polar surface area (TPSA) is 78.5 Å². The van der Waals surface area contributed by atoms with Crippen molar-refractivity contribution in [1.82, 2.24) is 15.5 Å². The first-order valence-corrected chi connectivity index (χ1v) is 6.75. The van der Waals surface area contributed by atoms with Crippen molar-refractivity contribution in [3.63, 3.8) is 0 Å². The molecular formula is C14H14F3N3O3. The third-order valence-corrected chi connectivity index (χ3v) is 3.18. The average Bonchev–Trinajstić information content (AvgIpc) is 2.73. The van der Waals surface area contributed by atoms with E-state index >= 15 is 0 Å². The monoisotopic (exact) mass is 329 g/mol. The Bertz CT molecular complexity index is 604. The number of amides is 4. The van der Waals surface area contributed by atoms with Gasteiger partial charge in [0.1, 0.15) is 19.1 Å². The number of imide groups is 1. The van der Waals surface area contributed by atoms with Gasteiger partial charge in [-0.05, 0) is 5.56 Å². The third-order valence-electron chi connectivity index (χ3n) is 3.18. The molecule has 1 heterocycles. The van der Waals surface area contributed by atoms with Crippen LogP contribution in [-0.4, -0.2) is 48.1 Å². The smallest absolute Gasteiger partial charge is 0.345 e. The lowest BCUT2D eigenvalue weighted by Crippen LogP contribution is -2.43. The maximum atomic E-state index is 12.1. The van der Waals surface area contributed by atoms with Gasteiger partial charge in [-0.15, -0.1) is 0 Å². The molecular weight excluding hydrogens is 315 g/mol. The molecule has 2 N–H and O–H groups in total. The highest BCUT2D eigenvalue weighted by Gasteiger charge is 2.39. The number of alkyl halides is 3. The molecule has 1 fully saturated rings. The Labute approximate surface area is 129 Å². The van der Waals surface area contributed by atoms with Crippen molar-refractivity contribution in [2.24, 2.45) is 0 Å². The summed E-state index contributed by atoms with van der Waals surface area (Å²) in [5.41, 5.74) is 0.814. The van der Waals surface area contributed by atoms with Gasteiger partial charge in [0.25, 0.3) is 5.91 Å². The summed E-state index contributed by atoms with van der Waals surface area (Å²) >= 11 is 0. The standard InChI is InChI=1S/C14H14F3N3O3/c15-14(16,17)8-18-11(21)7-20-12(22)10(19-13(20)23)6-9-4-2-1-3-5-9/h1-5,10H,6-8H2,(H,18,21)(H,19,23)/t10-/m0/s1. The molecule has 0 unspecified atom stereocenters. The van der Waals surface area contributed by atoms with Crippen LogP contribution in [0.2, 0.25) is 0 Å². The summed E-state index contributed by atoms with van der Waals surface area (Å²) in [4.78, 5) is 35.8. The van der Waals surface area contributed by atoms with Gasteiger partial charge < -0.3 is 10.6 Å². The second kappa shape index (κ2) is 6.67. The fraction of sp³-hybridized carbons (Fsp3) is 0.357. The fourth-order valence-electron chi connectivity index (χ4n) is 2.11. The number of rotatable bonds is 5. The number of benzene rings is 1. The third kappa shape index (κ3) is 4.70. The predicted molar refractivity (Wildman–Crippen MR) is 73.2 cm³/mol. The molecule has 1 atom stereocenters. The minimum absolute atomic E-state index is 0.242. The van der Waals surface area contributed by atoms with Gasteiger partial charge in [-0.25, -0.2) is 4.79 Å². The molecule has 1 saturated heterocycles. The summed E-state index contributed by atoms with van der Waals surface area (Å²) in [6.45, 7) is -2.25. The van der Waals surface area contributed by atoms with E-state index in [-0.39, 0.29) is 6.42 Å². The Hall–Kier alpha value is -2.58. The number of nitrogens with one attached hydrogen (secondary N) is 2. The summed E-state index contributed by atoms with van der Waals surface area (Å²) in [5, 5.41) is 4.03. The van der Waals surface area contributed by atoms with Crippen molar-refractivity contribution >= 4 is 17.8 Å². The Balaban J connectivity index is 1.92. The van der Waals surface area contributed by atoms with Crippen molar-refractivity contribution in [3.05, 3.63) is 35.9 Å². The van der Waals surface area contributed by atoms with Crippen LogP contribution in [0.25, 0.3) is 0 Å². The van der Waals surface area contributed by atoms with Gasteiger partial charge in [-0.3, -0.25) is 14.5 Å². The second-order valence-corrected chi connectivity index (χ2v) is 5.01. The quantitative estimate of drug-likeness (QED) is 0.786. The summed E-state index contributed by atoms with van der Waals surface area (Å²) in [7, 11) is 0. The molecule has 0 radical (unpaired) electrons. The van der Waals surface area contributed by atoms with Crippen molar-refractivity contribution in [2.45, 2.75) is 18.6 Å². The van der Waals surface area contributed by atoms with Crippen LogP contribution in [0, 0.1) is 0 Å². The molecule has 4 amide bonds. The summed E-state index contributed by atoms with van der Waals surface area (Å²) in [5.74, 6) is -1.69. The predicted octanol–water partition coefficient (Wildman–Crippen LogP) is 0.828. The highest BCUT2D eigenvalue weighted by atomic mass is 19.4. The van der Waals surface area contributed by atoms with Gasteiger partial charge in [0.15, 0.2) is 0 Å². The molecule has 0 aromatic heterocycles. The van der Waals surface area contributed by atoms with Crippen LogP contribution in [0.4, 0.5) is 18.0 Å². The largest absolute Gasteiger partial charge is 0.405 e. The minimum atomic E-state index is -4.55. The second-order valence-electron chi connectivity index (χ2n) is 5.01. The van der Waals surface area contributed by atoms with Crippen LogP contribution in [0.15, 0.2) is 30.3 Å². The van der Waals surface area contributed by atoms with Crippen LogP contribution in [0.1, 0.15) is 5.56 Å². The maximum Gasteiger partial charge on any atom is 0.405 e. The number of carbonyl (C=O) groups excluding carboxylic acids is 3. The van der Waals surface area contributed by atoms with E-state index in [0.717, 1.165) is 5.56 Å². The van der Waals surface area contributed by atoms with E-state index in [9.17, 15) is 27.6 Å². The number of halogens is 3. The van der Waals surface area contributed by atoms with Gasteiger partial charge in [0.05, 0.1) is 0 Å². The molecule has 1 aromatic rings. The van der Waals surface area contributed by atoms with Crippen molar-refractivity contribution in [3.8, 4) is 0 Å². The van der Waals surface area contributed by atoms with Gasteiger partial charge in [-0.2, -0.15) is 13.2 Å². The lowest BCUT2D eigenvalue weighted by Gasteiger charge is -2.14. The van der Waals surface area contributed by atoms with Crippen LogP contribution >= 0.6 is 0 Å². The van der Waals surface area contributed by atoms with Crippen molar-refractivity contribution in [2.75, 3.05) is 13.1 Å². The summed E-state index contributed by atoms with van der Waals surface area (Å²) < 4.78 is 36.0. The number of hydrogen-bond acceptors (Lipinski definition) is 3. The Morgan fingerprint density at radius 1 is 1.22 bits per heavy atom. The van der Waals surface area contributed by atoms with Gasteiger partial charge in [-0.1, -0.05) is 30.3 Å². The van der Waals surface area contributed by atoms with Crippen molar-refractivity contribution < 1.29 is 27.6 Å². The van der Waals surface area contributed by atoms with E-state index in [4.69, 9.17) is 0 Å². The maximum absolute atomic E-state index is 12.1.